The van der Waals surface area contributed by atoms with E-state index in [1.807, 2.05) is 25.1 Å². The van der Waals surface area contributed by atoms with Crippen molar-refractivity contribution in [2.24, 2.45) is 0 Å². The summed E-state index contributed by atoms with van der Waals surface area (Å²) in [5.74, 6) is 1.18. The van der Waals surface area contributed by atoms with Gasteiger partial charge in [0.2, 0.25) is 12.7 Å². The molecule has 5 nitrogen and oxygen atoms in total. The predicted octanol–water partition coefficient (Wildman–Crippen LogP) is 1.32. The second-order valence-electron chi connectivity index (χ2n) is 4.24. The molecule has 1 aliphatic heterocycles. The second-order valence-corrected chi connectivity index (χ2v) is 4.24. The fourth-order valence-electron chi connectivity index (χ4n) is 1.71. The second kappa shape index (κ2) is 6.24. The van der Waals surface area contributed by atoms with E-state index in [0.29, 0.717) is 17.9 Å². The molecular weight excluding hydrogens is 246 g/mol. The van der Waals surface area contributed by atoms with Crippen LogP contribution >= 0.6 is 0 Å². The van der Waals surface area contributed by atoms with Crippen molar-refractivity contribution in [1.29, 1.82) is 0 Å². The summed E-state index contributed by atoms with van der Waals surface area (Å²) in [5.41, 5.74) is 0.858. The molecule has 0 fully saturated rings. The number of aliphatic hydroxyl groups excluding tert-OH is 1. The van der Waals surface area contributed by atoms with Gasteiger partial charge in [0, 0.05) is 6.08 Å². The lowest BCUT2D eigenvalue weighted by Crippen LogP contribution is -2.35. The molecule has 1 aliphatic rings. The Bertz CT molecular complexity index is 480. The van der Waals surface area contributed by atoms with Crippen LogP contribution < -0.4 is 14.8 Å². The van der Waals surface area contributed by atoms with E-state index in [1.165, 1.54) is 6.08 Å². The molecule has 1 unspecified atom stereocenters. The van der Waals surface area contributed by atoms with Gasteiger partial charge in [-0.3, -0.25) is 4.79 Å². The maximum absolute atomic E-state index is 11.6. The van der Waals surface area contributed by atoms with Crippen LogP contribution in [0, 0.1) is 0 Å². The van der Waals surface area contributed by atoms with Crippen molar-refractivity contribution in [3.8, 4) is 11.5 Å². The zero-order valence-corrected chi connectivity index (χ0v) is 10.8. The summed E-state index contributed by atoms with van der Waals surface area (Å²) in [6.45, 7) is 2.08. The first-order valence-corrected chi connectivity index (χ1v) is 6.22. The number of nitrogens with one attached hydrogen (secondary N) is 1. The fraction of sp³-hybridized carbons (Fsp3) is 0.357. The van der Waals surface area contributed by atoms with Crippen LogP contribution in [0.1, 0.15) is 18.9 Å². The highest BCUT2D eigenvalue weighted by Gasteiger charge is 2.12. The summed E-state index contributed by atoms with van der Waals surface area (Å²) >= 11 is 0. The van der Waals surface area contributed by atoms with Crippen molar-refractivity contribution in [3.05, 3.63) is 29.8 Å². The summed E-state index contributed by atoms with van der Waals surface area (Å²) in [6, 6.07) is 5.27. The number of hydrogen-bond donors (Lipinski definition) is 2. The highest BCUT2D eigenvalue weighted by Crippen LogP contribution is 2.32. The van der Waals surface area contributed by atoms with Gasteiger partial charge in [-0.2, -0.15) is 0 Å². The third kappa shape index (κ3) is 3.48. The van der Waals surface area contributed by atoms with Gasteiger partial charge in [0.05, 0.1) is 12.6 Å². The van der Waals surface area contributed by atoms with Crippen molar-refractivity contribution in [1.82, 2.24) is 5.32 Å². The summed E-state index contributed by atoms with van der Waals surface area (Å²) in [5, 5.41) is 11.7. The number of carbonyl (C=O) groups excluding carboxylic acids is 1. The Morgan fingerprint density at radius 1 is 1.47 bits per heavy atom. The quantitative estimate of drug-likeness (QED) is 0.786. The molecule has 102 valence electrons. The number of carbonyl (C=O) groups is 1. The lowest BCUT2D eigenvalue weighted by Gasteiger charge is -2.11. The van der Waals surface area contributed by atoms with Crippen LogP contribution in [0.3, 0.4) is 0 Å². The average molecular weight is 263 g/mol. The van der Waals surface area contributed by atoms with E-state index in [9.17, 15) is 4.79 Å². The minimum Gasteiger partial charge on any atom is -0.454 e. The van der Waals surface area contributed by atoms with Crippen LogP contribution in [0.5, 0.6) is 11.5 Å². The molecule has 2 rings (SSSR count). The average Bonchev–Trinajstić information content (AvgIpc) is 2.89. The van der Waals surface area contributed by atoms with Gasteiger partial charge in [-0.15, -0.1) is 0 Å². The number of amides is 1. The first kappa shape index (κ1) is 13.4. The summed E-state index contributed by atoms with van der Waals surface area (Å²) < 4.78 is 10.5. The third-order valence-corrected chi connectivity index (χ3v) is 2.88. The van der Waals surface area contributed by atoms with E-state index in [2.05, 4.69) is 5.32 Å². The third-order valence-electron chi connectivity index (χ3n) is 2.88. The molecule has 0 spiro atoms. The predicted molar refractivity (Wildman–Crippen MR) is 70.9 cm³/mol. The van der Waals surface area contributed by atoms with Gasteiger partial charge < -0.3 is 19.9 Å². The number of aliphatic hydroxyl groups is 1. The highest BCUT2D eigenvalue weighted by molar-refractivity contribution is 5.92. The molecule has 0 saturated heterocycles. The standard InChI is InChI=1S/C14H17NO4/c1-2-11(8-16)15-14(17)6-4-10-3-5-12-13(7-10)19-9-18-12/h3-7,11,16H,2,8-9H2,1H3,(H,15,17)/b6-4+. The van der Waals surface area contributed by atoms with E-state index in [4.69, 9.17) is 14.6 Å². The number of benzene rings is 1. The molecule has 0 aromatic heterocycles. The molecule has 19 heavy (non-hydrogen) atoms. The van der Waals surface area contributed by atoms with E-state index in [0.717, 1.165) is 5.56 Å². The van der Waals surface area contributed by atoms with Crippen LogP contribution in [-0.4, -0.2) is 30.5 Å². The van der Waals surface area contributed by atoms with Gasteiger partial charge in [0.25, 0.3) is 0 Å². The molecule has 1 amide bonds. The number of hydrogen-bond acceptors (Lipinski definition) is 4. The monoisotopic (exact) mass is 263 g/mol. The zero-order valence-electron chi connectivity index (χ0n) is 10.8. The lowest BCUT2D eigenvalue weighted by molar-refractivity contribution is -0.117. The van der Waals surface area contributed by atoms with Gasteiger partial charge in [0.1, 0.15) is 0 Å². The van der Waals surface area contributed by atoms with E-state index in [-0.39, 0.29) is 25.3 Å². The Hall–Kier alpha value is -2.01. The number of fused-ring (bicyclic) bond motifs is 1. The Balaban J connectivity index is 1.96. The maximum atomic E-state index is 11.6. The summed E-state index contributed by atoms with van der Waals surface area (Å²) in [6.07, 6.45) is 3.83. The van der Waals surface area contributed by atoms with Gasteiger partial charge in [-0.1, -0.05) is 13.0 Å². The maximum Gasteiger partial charge on any atom is 0.244 e. The zero-order chi connectivity index (χ0) is 13.7. The largest absolute Gasteiger partial charge is 0.454 e. The molecule has 0 saturated carbocycles. The van der Waals surface area contributed by atoms with E-state index >= 15 is 0 Å². The minimum atomic E-state index is -0.224. The SMILES string of the molecule is CCC(CO)NC(=O)/C=C/c1ccc2c(c1)OCO2. The molecule has 1 heterocycles. The minimum absolute atomic E-state index is 0.0555. The molecule has 1 aromatic carbocycles. The van der Waals surface area contributed by atoms with Crippen molar-refractivity contribution in [3.63, 3.8) is 0 Å². The number of rotatable bonds is 5. The molecule has 1 aromatic rings. The van der Waals surface area contributed by atoms with Gasteiger partial charge >= 0.3 is 0 Å². The van der Waals surface area contributed by atoms with Crippen LogP contribution in [0.25, 0.3) is 6.08 Å². The Morgan fingerprint density at radius 3 is 3.00 bits per heavy atom. The molecule has 0 radical (unpaired) electrons. The van der Waals surface area contributed by atoms with Crippen LogP contribution in [-0.2, 0) is 4.79 Å². The molecule has 5 heteroatoms. The molecular formula is C14H17NO4. The number of ether oxygens (including phenoxy) is 2. The van der Waals surface area contributed by atoms with Crippen LogP contribution in [0.2, 0.25) is 0 Å². The lowest BCUT2D eigenvalue weighted by atomic mass is 10.2. The molecule has 2 N–H and O–H groups in total. The highest BCUT2D eigenvalue weighted by atomic mass is 16.7. The normalized spacial score (nSPS) is 14.6. The van der Waals surface area contributed by atoms with Crippen molar-refractivity contribution >= 4 is 12.0 Å². The summed E-state index contributed by atoms with van der Waals surface area (Å²) in [4.78, 5) is 11.6. The molecule has 0 bridgehead atoms. The first-order chi connectivity index (χ1) is 9.22. The van der Waals surface area contributed by atoms with E-state index < -0.39 is 0 Å². The van der Waals surface area contributed by atoms with Gasteiger partial charge in [-0.05, 0) is 30.2 Å². The Labute approximate surface area is 111 Å². The van der Waals surface area contributed by atoms with Crippen molar-refractivity contribution in [2.75, 3.05) is 13.4 Å². The van der Waals surface area contributed by atoms with E-state index in [1.54, 1.807) is 6.08 Å². The van der Waals surface area contributed by atoms with Crippen LogP contribution in [0.4, 0.5) is 0 Å². The van der Waals surface area contributed by atoms with Crippen molar-refractivity contribution < 1.29 is 19.4 Å². The fourth-order valence-corrected chi connectivity index (χ4v) is 1.71. The van der Waals surface area contributed by atoms with Crippen LogP contribution in [0.15, 0.2) is 24.3 Å². The Morgan fingerprint density at radius 2 is 2.26 bits per heavy atom. The topological polar surface area (TPSA) is 67.8 Å². The molecule has 1 atom stereocenters. The van der Waals surface area contributed by atoms with Crippen molar-refractivity contribution in [2.45, 2.75) is 19.4 Å². The van der Waals surface area contributed by atoms with Gasteiger partial charge in [0.15, 0.2) is 11.5 Å². The Kier molecular flexibility index (Phi) is 4.41. The smallest absolute Gasteiger partial charge is 0.244 e. The summed E-state index contributed by atoms with van der Waals surface area (Å²) in [7, 11) is 0. The first-order valence-electron chi connectivity index (χ1n) is 6.22. The van der Waals surface area contributed by atoms with Gasteiger partial charge in [-0.25, -0.2) is 0 Å². The molecule has 0 aliphatic carbocycles.